The van der Waals surface area contributed by atoms with E-state index >= 15 is 0 Å². The molecule has 0 unspecified atom stereocenters. The monoisotopic (exact) mass is 263 g/mol. The van der Waals surface area contributed by atoms with Crippen LogP contribution in [0.1, 0.15) is 23.6 Å². The summed E-state index contributed by atoms with van der Waals surface area (Å²) in [7, 11) is 0. The zero-order chi connectivity index (χ0) is 10.1. The lowest BCUT2D eigenvalue weighted by Gasteiger charge is -2.21. The quantitative estimate of drug-likeness (QED) is 0.852. The van der Waals surface area contributed by atoms with Crippen LogP contribution in [0.15, 0.2) is 10.5 Å². The van der Waals surface area contributed by atoms with Gasteiger partial charge in [-0.05, 0) is 28.9 Å². The third-order valence-electron chi connectivity index (χ3n) is 1.97. The van der Waals surface area contributed by atoms with Crippen molar-refractivity contribution in [3.63, 3.8) is 0 Å². The summed E-state index contributed by atoms with van der Waals surface area (Å²) in [6.07, 6.45) is 0. The van der Waals surface area contributed by atoms with Crippen LogP contribution in [0.2, 0.25) is 0 Å². The number of hydrogen-bond acceptors (Lipinski definition) is 3. The molecule has 1 rings (SSSR count). The summed E-state index contributed by atoms with van der Waals surface area (Å²) < 4.78 is 1.16. The highest BCUT2D eigenvalue weighted by atomic mass is 79.9. The van der Waals surface area contributed by atoms with Gasteiger partial charge in [-0.3, -0.25) is 0 Å². The maximum atomic E-state index is 5.09. The van der Waals surface area contributed by atoms with Gasteiger partial charge in [0.25, 0.3) is 0 Å². The van der Waals surface area contributed by atoms with Gasteiger partial charge in [0.05, 0.1) is 6.61 Å². The van der Waals surface area contributed by atoms with Crippen LogP contribution in [0.5, 0.6) is 0 Å². The molecule has 1 aromatic heterocycles. The van der Waals surface area contributed by atoms with Crippen LogP contribution in [0.25, 0.3) is 0 Å². The third-order valence-corrected chi connectivity index (χ3v) is 4.47. The van der Waals surface area contributed by atoms with Gasteiger partial charge in [-0.15, -0.1) is 11.3 Å². The summed E-state index contributed by atoms with van der Waals surface area (Å²) in [5, 5.41) is 0. The summed E-state index contributed by atoms with van der Waals surface area (Å²) >= 11 is 5.28. The highest BCUT2D eigenvalue weighted by Gasteiger charge is 2.23. The topological polar surface area (TPSA) is 35.2 Å². The van der Waals surface area contributed by atoms with Crippen molar-refractivity contribution >= 4 is 27.3 Å². The molecule has 1 heterocycles. The van der Waals surface area contributed by atoms with Crippen molar-refractivity contribution < 1.29 is 4.84 Å². The molecule has 2 nitrogen and oxygen atoms in total. The molecule has 1 aromatic rings. The largest absolute Gasteiger partial charge is 0.304 e. The second kappa shape index (κ2) is 4.09. The van der Waals surface area contributed by atoms with Crippen LogP contribution in [0, 0.1) is 6.92 Å². The molecule has 74 valence electrons. The second-order valence-corrected chi connectivity index (χ2v) is 5.82. The molecule has 4 heteroatoms. The first kappa shape index (κ1) is 11.2. The van der Waals surface area contributed by atoms with Crippen LogP contribution in [0.4, 0.5) is 0 Å². The summed E-state index contributed by atoms with van der Waals surface area (Å²) in [6, 6.07) is 2.14. The zero-order valence-electron chi connectivity index (χ0n) is 8.06. The van der Waals surface area contributed by atoms with Crippen molar-refractivity contribution in [2.45, 2.75) is 26.2 Å². The molecule has 0 aliphatic rings. The van der Waals surface area contributed by atoms with Gasteiger partial charge >= 0.3 is 0 Å². The lowest BCUT2D eigenvalue weighted by atomic mass is 9.93. The van der Waals surface area contributed by atoms with E-state index in [0.717, 1.165) is 4.47 Å². The molecular weight excluding hydrogens is 250 g/mol. The first-order valence-corrected chi connectivity index (χ1v) is 5.66. The Bertz CT molecular complexity index is 276. The van der Waals surface area contributed by atoms with Crippen LogP contribution >= 0.6 is 27.3 Å². The molecular formula is C9H14BrNOS. The van der Waals surface area contributed by atoms with Crippen LogP contribution in [-0.2, 0) is 10.3 Å². The van der Waals surface area contributed by atoms with Crippen molar-refractivity contribution in [2.24, 2.45) is 5.90 Å². The standard InChI is InChI=1S/C9H14BrNOS/c1-6-7(10)4-8(13-6)9(2,3)5-12-11/h4H,5,11H2,1-3H3. The van der Waals surface area contributed by atoms with E-state index < -0.39 is 0 Å². The van der Waals surface area contributed by atoms with E-state index in [1.165, 1.54) is 9.75 Å². The Hall–Kier alpha value is 0.100. The second-order valence-electron chi connectivity index (χ2n) is 3.71. The van der Waals surface area contributed by atoms with Gasteiger partial charge < -0.3 is 4.84 Å². The van der Waals surface area contributed by atoms with E-state index in [-0.39, 0.29) is 5.41 Å². The number of thiophene rings is 1. The molecule has 0 atom stereocenters. The van der Waals surface area contributed by atoms with Crippen LogP contribution in [-0.4, -0.2) is 6.61 Å². The minimum Gasteiger partial charge on any atom is -0.304 e. The molecule has 0 aliphatic heterocycles. The normalized spacial score (nSPS) is 12.1. The van der Waals surface area contributed by atoms with Crippen LogP contribution < -0.4 is 5.90 Å². The van der Waals surface area contributed by atoms with Gasteiger partial charge in [-0.25, -0.2) is 5.90 Å². The lowest BCUT2D eigenvalue weighted by molar-refractivity contribution is 0.0976. The molecule has 0 aliphatic carbocycles. The predicted octanol–water partition coefficient (Wildman–Crippen LogP) is 2.99. The summed E-state index contributed by atoms with van der Waals surface area (Å²) in [5.41, 5.74) is -0.00377. The highest BCUT2D eigenvalue weighted by molar-refractivity contribution is 9.10. The molecule has 0 spiro atoms. The highest BCUT2D eigenvalue weighted by Crippen LogP contribution is 2.34. The summed E-state index contributed by atoms with van der Waals surface area (Å²) in [6.45, 7) is 6.88. The molecule has 0 radical (unpaired) electrons. The van der Waals surface area contributed by atoms with E-state index in [1.807, 2.05) is 0 Å². The van der Waals surface area contributed by atoms with Crippen molar-refractivity contribution in [1.82, 2.24) is 0 Å². The van der Waals surface area contributed by atoms with Gasteiger partial charge in [0, 0.05) is 19.6 Å². The van der Waals surface area contributed by atoms with E-state index in [9.17, 15) is 0 Å². The van der Waals surface area contributed by atoms with E-state index in [2.05, 4.69) is 42.8 Å². The van der Waals surface area contributed by atoms with Crippen LogP contribution in [0.3, 0.4) is 0 Å². The Balaban J connectivity index is 2.93. The van der Waals surface area contributed by atoms with E-state index in [1.54, 1.807) is 11.3 Å². The molecule has 0 amide bonds. The SMILES string of the molecule is Cc1sc(C(C)(C)CON)cc1Br. The minimum atomic E-state index is -0.00377. The number of hydrogen-bond donors (Lipinski definition) is 1. The molecule has 13 heavy (non-hydrogen) atoms. The maximum Gasteiger partial charge on any atom is 0.0778 e. The first-order valence-electron chi connectivity index (χ1n) is 4.05. The van der Waals surface area contributed by atoms with Gasteiger partial charge in [-0.1, -0.05) is 13.8 Å². The Kier molecular flexibility index (Phi) is 3.51. The Morgan fingerprint density at radius 2 is 2.23 bits per heavy atom. The number of halogens is 1. The van der Waals surface area contributed by atoms with Crippen molar-refractivity contribution in [1.29, 1.82) is 0 Å². The summed E-state index contributed by atoms with van der Waals surface area (Å²) in [4.78, 5) is 7.29. The number of rotatable bonds is 3. The van der Waals surface area contributed by atoms with Gasteiger partial charge in [0.1, 0.15) is 0 Å². The van der Waals surface area contributed by atoms with Crippen molar-refractivity contribution in [3.8, 4) is 0 Å². The smallest absolute Gasteiger partial charge is 0.0778 e. The lowest BCUT2D eigenvalue weighted by Crippen LogP contribution is -2.24. The zero-order valence-corrected chi connectivity index (χ0v) is 10.5. The molecule has 0 saturated heterocycles. The fourth-order valence-electron chi connectivity index (χ4n) is 1.07. The van der Waals surface area contributed by atoms with Gasteiger partial charge in [-0.2, -0.15) is 0 Å². The Morgan fingerprint density at radius 3 is 2.62 bits per heavy atom. The molecule has 0 bridgehead atoms. The molecule has 2 N–H and O–H groups in total. The first-order chi connectivity index (χ1) is 5.97. The van der Waals surface area contributed by atoms with Gasteiger partial charge in [0.15, 0.2) is 0 Å². The minimum absolute atomic E-state index is 0.00377. The van der Waals surface area contributed by atoms with E-state index in [0.29, 0.717) is 6.61 Å². The number of aryl methyl sites for hydroxylation is 1. The van der Waals surface area contributed by atoms with Crippen molar-refractivity contribution in [2.75, 3.05) is 6.61 Å². The maximum absolute atomic E-state index is 5.09. The Labute approximate surface area is 91.2 Å². The Morgan fingerprint density at radius 1 is 1.62 bits per heavy atom. The molecule has 0 aromatic carbocycles. The van der Waals surface area contributed by atoms with E-state index in [4.69, 9.17) is 10.7 Å². The van der Waals surface area contributed by atoms with Crippen molar-refractivity contribution in [3.05, 3.63) is 20.3 Å². The summed E-state index contributed by atoms with van der Waals surface area (Å²) in [5.74, 6) is 5.09. The predicted molar refractivity (Wildman–Crippen MR) is 59.9 cm³/mol. The fraction of sp³-hybridized carbons (Fsp3) is 0.556. The molecule has 0 fully saturated rings. The average Bonchev–Trinajstić information content (AvgIpc) is 2.33. The third kappa shape index (κ3) is 2.53. The van der Waals surface area contributed by atoms with Gasteiger partial charge in [0.2, 0.25) is 0 Å². The fourth-order valence-corrected chi connectivity index (χ4v) is 2.69. The average molecular weight is 264 g/mol. The molecule has 0 saturated carbocycles. The number of nitrogens with two attached hydrogens (primary N) is 1.